The van der Waals surface area contributed by atoms with Gasteiger partial charge in [0, 0.05) is 25.2 Å². The lowest BCUT2D eigenvalue weighted by Crippen LogP contribution is -2.42. The summed E-state index contributed by atoms with van der Waals surface area (Å²) in [7, 11) is 4.15. The molecule has 1 heterocycles. The fraction of sp³-hybridized carbons (Fsp3) is 0.438. The summed E-state index contributed by atoms with van der Waals surface area (Å²) in [5.74, 6) is -1.34. The van der Waals surface area contributed by atoms with Gasteiger partial charge in [-0.3, -0.25) is 0 Å². The van der Waals surface area contributed by atoms with E-state index < -0.39 is 5.97 Å². The molecule has 1 aliphatic heterocycles. The number of carboxylic acid groups (broad SMARTS) is 1. The molecule has 1 aromatic carbocycles. The Morgan fingerprint density at radius 3 is 2.57 bits per heavy atom. The molecular weight excluding hydrogens is 271 g/mol. The Morgan fingerprint density at radius 2 is 2.05 bits per heavy atom. The third-order valence-electron chi connectivity index (χ3n) is 3.93. The van der Waals surface area contributed by atoms with E-state index in [-0.39, 0.29) is 5.82 Å². The Kier molecular flexibility index (Phi) is 4.96. The Hall–Kier alpha value is -1.88. The zero-order valence-electron chi connectivity index (χ0n) is 12.4. The number of carbonyl (C=O) groups is 1. The summed E-state index contributed by atoms with van der Waals surface area (Å²) in [6.45, 7) is 1.67. The van der Waals surface area contributed by atoms with Gasteiger partial charge in [-0.15, -0.1) is 0 Å². The lowest BCUT2D eigenvalue weighted by Gasteiger charge is -2.36. The zero-order chi connectivity index (χ0) is 15.4. The number of hydrogen-bond donors (Lipinski definition) is 1. The van der Waals surface area contributed by atoms with Crippen LogP contribution in [0.5, 0.6) is 0 Å². The minimum Gasteiger partial charge on any atom is -0.478 e. The number of hydrogen-bond acceptors (Lipinski definition) is 3. The molecule has 4 nitrogen and oxygen atoms in total. The first-order valence-electron chi connectivity index (χ1n) is 7.09. The maximum atomic E-state index is 14.2. The van der Waals surface area contributed by atoms with Crippen LogP contribution in [-0.2, 0) is 4.79 Å². The molecule has 2 rings (SSSR count). The molecule has 0 bridgehead atoms. The molecule has 0 unspecified atom stereocenters. The Balaban J connectivity index is 2.06. The highest BCUT2D eigenvalue weighted by Crippen LogP contribution is 2.25. The van der Waals surface area contributed by atoms with Gasteiger partial charge in [0.25, 0.3) is 0 Å². The van der Waals surface area contributed by atoms with Crippen LogP contribution < -0.4 is 4.90 Å². The number of anilines is 1. The molecule has 0 saturated carbocycles. The maximum Gasteiger partial charge on any atom is 0.328 e. The summed E-state index contributed by atoms with van der Waals surface area (Å²) < 4.78 is 14.2. The van der Waals surface area contributed by atoms with Gasteiger partial charge >= 0.3 is 5.97 Å². The zero-order valence-corrected chi connectivity index (χ0v) is 12.4. The molecule has 1 saturated heterocycles. The van der Waals surface area contributed by atoms with Crippen molar-refractivity contribution in [2.24, 2.45) is 0 Å². The standard InChI is InChI=1S/C16H21FN2O2/c1-18(2)13-7-9-19(10-8-13)15-5-3-12(11-14(15)17)4-6-16(20)21/h3-6,11,13H,7-10H2,1-2H3,(H,20,21)/b6-4+. The molecule has 0 spiro atoms. The second-order valence-corrected chi connectivity index (χ2v) is 5.56. The molecule has 1 N–H and O–H groups in total. The normalized spacial score (nSPS) is 16.9. The van der Waals surface area contributed by atoms with Crippen molar-refractivity contribution in [3.05, 3.63) is 35.7 Å². The van der Waals surface area contributed by atoms with E-state index in [1.165, 1.54) is 12.1 Å². The third kappa shape index (κ3) is 4.04. The number of benzene rings is 1. The van der Waals surface area contributed by atoms with Crippen LogP contribution in [0.15, 0.2) is 24.3 Å². The molecule has 21 heavy (non-hydrogen) atoms. The summed E-state index contributed by atoms with van der Waals surface area (Å²) >= 11 is 0. The lowest BCUT2D eigenvalue weighted by molar-refractivity contribution is -0.131. The molecular formula is C16H21FN2O2. The van der Waals surface area contributed by atoms with Gasteiger partial charge in [0.15, 0.2) is 0 Å². The Bertz CT molecular complexity index is 535. The van der Waals surface area contributed by atoms with E-state index in [9.17, 15) is 9.18 Å². The summed E-state index contributed by atoms with van der Waals surface area (Å²) in [6, 6.07) is 5.41. The smallest absolute Gasteiger partial charge is 0.328 e. The van der Waals surface area contributed by atoms with Crippen LogP contribution in [-0.4, -0.2) is 49.2 Å². The van der Waals surface area contributed by atoms with Crippen molar-refractivity contribution in [2.45, 2.75) is 18.9 Å². The summed E-state index contributed by atoms with van der Waals surface area (Å²) in [5, 5.41) is 8.58. The highest BCUT2D eigenvalue weighted by molar-refractivity contribution is 5.85. The molecule has 0 radical (unpaired) electrons. The third-order valence-corrected chi connectivity index (χ3v) is 3.93. The van der Waals surface area contributed by atoms with Crippen molar-refractivity contribution in [1.29, 1.82) is 0 Å². The predicted octanol–water partition coefficient (Wildman–Crippen LogP) is 2.45. The minimum atomic E-state index is -1.04. The Labute approximate surface area is 124 Å². The number of nitrogens with zero attached hydrogens (tertiary/aromatic N) is 2. The molecule has 0 aliphatic carbocycles. The molecule has 0 amide bonds. The van der Waals surface area contributed by atoms with Crippen LogP contribution in [0.4, 0.5) is 10.1 Å². The topological polar surface area (TPSA) is 43.8 Å². The van der Waals surface area contributed by atoms with E-state index in [1.807, 2.05) is 0 Å². The van der Waals surface area contributed by atoms with Crippen LogP contribution in [0.25, 0.3) is 6.08 Å². The number of carboxylic acids is 1. The monoisotopic (exact) mass is 292 g/mol. The summed E-state index contributed by atoms with van der Waals surface area (Å²) in [6.07, 6.45) is 4.45. The summed E-state index contributed by atoms with van der Waals surface area (Å²) in [4.78, 5) is 14.7. The fourth-order valence-electron chi connectivity index (χ4n) is 2.67. The first-order chi connectivity index (χ1) is 9.97. The van der Waals surface area contributed by atoms with Crippen LogP contribution in [0.2, 0.25) is 0 Å². The van der Waals surface area contributed by atoms with Crippen molar-refractivity contribution < 1.29 is 14.3 Å². The van der Waals surface area contributed by atoms with Gasteiger partial charge in [0.05, 0.1) is 5.69 Å². The fourth-order valence-corrected chi connectivity index (χ4v) is 2.67. The molecule has 1 aromatic rings. The van der Waals surface area contributed by atoms with Gasteiger partial charge in [-0.25, -0.2) is 9.18 Å². The van der Waals surface area contributed by atoms with Crippen LogP contribution in [0.1, 0.15) is 18.4 Å². The van der Waals surface area contributed by atoms with Gasteiger partial charge in [0.1, 0.15) is 5.82 Å². The van der Waals surface area contributed by atoms with E-state index in [4.69, 9.17) is 5.11 Å². The quantitative estimate of drug-likeness (QED) is 0.866. The highest BCUT2D eigenvalue weighted by atomic mass is 19.1. The maximum absolute atomic E-state index is 14.2. The summed E-state index contributed by atoms with van der Waals surface area (Å²) in [5.41, 5.74) is 1.15. The number of piperidine rings is 1. The lowest BCUT2D eigenvalue weighted by atomic mass is 10.0. The first-order valence-corrected chi connectivity index (χ1v) is 7.09. The van der Waals surface area contributed by atoms with Crippen LogP contribution in [0.3, 0.4) is 0 Å². The highest BCUT2D eigenvalue weighted by Gasteiger charge is 2.22. The average molecular weight is 292 g/mol. The Morgan fingerprint density at radius 1 is 1.38 bits per heavy atom. The van der Waals surface area contributed by atoms with E-state index in [1.54, 1.807) is 12.1 Å². The van der Waals surface area contributed by atoms with Crippen molar-refractivity contribution in [1.82, 2.24) is 4.90 Å². The number of aliphatic carboxylic acids is 1. The van der Waals surface area contributed by atoms with Gasteiger partial charge in [0.2, 0.25) is 0 Å². The van der Waals surface area contributed by atoms with Crippen LogP contribution >= 0.6 is 0 Å². The molecule has 1 fully saturated rings. The second kappa shape index (κ2) is 6.72. The minimum absolute atomic E-state index is 0.300. The van der Waals surface area contributed by atoms with Gasteiger partial charge < -0.3 is 14.9 Å². The van der Waals surface area contributed by atoms with Crippen molar-refractivity contribution in [2.75, 3.05) is 32.1 Å². The van der Waals surface area contributed by atoms with Crippen molar-refractivity contribution >= 4 is 17.7 Å². The number of halogens is 1. The molecule has 0 aromatic heterocycles. The van der Waals surface area contributed by atoms with E-state index in [0.29, 0.717) is 17.3 Å². The van der Waals surface area contributed by atoms with Crippen molar-refractivity contribution in [3.8, 4) is 0 Å². The molecule has 5 heteroatoms. The van der Waals surface area contributed by atoms with E-state index >= 15 is 0 Å². The molecule has 1 aliphatic rings. The van der Waals surface area contributed by atoms with Crippen molar-refractivity contribution in [3.63, 3.8) is 0 Å². The second-order valence-electron chi connectivity index (χ2n) is 5.56. The van der Waals surface area contributed by atoms with Gasteiger partial charge in [-0.05, 0) is 50.7 Å². The molecule has 0 atom stereocenters. The molecule has 114 valence electrons. The van der Waals surface area contributed by atoms with Crippen LogP contribution in [0, 0.1) is 5.82 Å². The van der Waals surface area contributed by atoms with E-state index in [0.717, 1.165) is 32.0 Å². The largest absolute Gasteiger partial charge is 0.478 e. The number of rotatable bonds is 4. The van der Waals surface area contributed by atoms with Gasteiger partial charge in [-0.1, -0.05) is 6.07 Å². The SMILES string of the molecule is CN(C)C1CCN(c2ccc(/C=C/C(=O)O)cc2F)CC1. The van der Waals surface area contributed by atoms with Gasteiger partial charge in [-0.2, -0.15) is 0 Å². The first kappa shape index (κ1) is 15.5. The average Bonchev–Trinajstić information content (AvgIpc) is 2.45. The van der Waals surface area contributed by atoms with E-state index in [2.05, 4.69) is 23.9 Å². The predicted molar refractivity (Wildman–Crippen MR) is 82.0 cm³/mol.